The Balaban J connectivity index is 1.91. The highest BCUT2D eigenvalue weighted by molar-refractivity contribution is 6.30. The van der Waals surface area contributed by atoms with Gasteiger partial charge >= 0.3 is 0 Å². The zero-order valence-electron chi connectivity index (χ0n) is 13.8. The van der Waals surface area contributed by atoms with E-state index in [0.29, 0.717) is 16.3 Å². The van der Waals surface area contributed by atoms with Crippen molar-refractivity contribution in [3.63, 3.8) is 0 Å². The van der Waals surface area contributed by atoms with Gasteiger partial charge < -0.3 is 10.6 Å². The number of benzene rings is 2. The van der Waals surface area contributed by atoms with E-state index in [1.54, 1.807) is 31.2 Å². The van der Waals surface area contributed by atoms with Crippen LogP contribution in [0.15, 0.2) is 48.5 Å². The summed E-state index contributed by atoms with van der Waals surface area (Å²) in [4.78, 5) is 24.3. The highest BCUT2D eigenvalue weighted by Gasteiger charge is 2.16. The minimum Gasteiger partial charge on any atom is -0.341 e. The van der Waals surface area contributed by atoms with E-state index in [4.69, 9.17) is 11.6 Å². The van der Waals surface area contributed by atoms with Crippen molar-refractivity contribution < 1.29 is 9.59 Å². The van der Waals surface area contributed by atoms with Crippen LogP contribution in [0.25, 0.3) is 0 Å². The number of hydrogen-bond donors (Lipinski definition) is 2. The van der Waals surface area contributed by atoms with Crippen LogP contribution in [0.4, 0.5) is 5.69 Å². The predicted molar refractivity (Wildman–Crippen MR) is 97.4 cm³/mol. The van der Waals surface area contributed by atoms with Crippen molar-refractivity contribution in [1.82, 2.24) is 5.32 Å². The first-order valence-corrected chi connectivity index (χ1v) is 8.33. The van der Waals surface area contributed by atoms with Crippen LogP contribution in [0.3, 0.4) is 0 Å². The first-order valence-electron chi connectivity index (χ1n) is 7.96. The van der Waals surface area contributed by atoms with Crippen LogP contribution in [-0.2, 0) is 11.2 Å². The Hall–Kier alpha value is -2.33. The summed E-state index contributed by atoms with van der Waals surface area (Å²) in [6, 6.07) is 13.6. The summed E-state index contributed by atoms with van der Waals surface area (Å²) in [5.74, 6) is -0.576. The Bertz CT molecular complexity index is 696. The highest BCUT2D eigenvalue weighted by Crippen LogP contribution is 2.12. The van der Waals surface area contributed by atoms with Crippen LogP contribution in [-0.4, -0.2) is 17.9 Å². The van der Waals surface area contributed by atoms with Gasteiger partial charge in [-0.25, -0.2) is 0 Å². The fourth-order valence-corrected chi connectivity index (χ4v) is 2.37. The van der Waals surface area contributed by atoms with E-state index in [2.05, 4.69) is 17.6 Å². The molecule has 0 saturated carbocycles. The van der Waals surface area contributed by atoms with Gasteiger partial charge in [-0.05, 0) is 55.3 Å². The van der Waals surface area contributed by atoms with Crippen molar-refractivity contribution >= 4 is 29.1 Å². The Labute approximate surface area is 147 Å². The topological polar surface area (TPSA) is 58.2 Å². The molecule has 2 aromatic rings. The molecule has 0 fully saturated rings. The van der Waals surface area contributed by atoms with Crippen molar-refractivity contribution in [3.8, 4) is 0 Å². The number of nitrogens with one attached hydrogen (secondary N) is 2. The molecule has 0 heterocycles. The molecule has 0 aromatic heterocycles. The summed E-state index contributed by atoms with van der Waals surface area (Å²) in [7, 11) is 0. The van der Waals surface area contributed by atoms with Crippen LogP contribution >= 0.6 is 11.6 Å². The minimum absolute atomic E-state index is 0.263. The standard InChI is InChI=1S/C19H21ClN2O2/c1-3-4-14-5-11-17(12-6-14)22-18(23)13(2)21-19(24)15-7-9-16(20)10-8-15/h5-13H,3-4H2,1-2H3,(H,21,24)(H,22,23). The minimum atomic E-state index is -0.650. The summed E-state index contributed by atoms with van der Waals surface area (Å²) in [6.45, 7) is 3.77. The number of amides is 2. The van der Waals surface area contributed by atoms with Gasteiger partial charge in [-0.3, -0.25) is 9.59 Å². The second-order valence-corrected chi connectivity index (χ2v) is 6.07. The maximum absolute atomic E-state index is 12.2. The van der Waals surface area contributed by atoms with Gasteiger partial charge in [-0.2, -0.15) is 0 Å². The lowest BCUT2D eigenvalue weighted by molar-refractivity contribution is -0.117. The molecule has 0 radical (unpaired) electrons. The van der Waals surface area contributed by atoms with Crippen molar-refractivity contribution in [1.29, 1.82) is 0 Å². The molecule has 4 nitrogen and oxygen atoms in total. The molecule has 0 spiro atoms. The molecule has 24 heavy (non-hydrogen) atoms. The van der Waals surface area contributed by atoms with Gasteiger partial charge in [0.2, 0.25) is 5.91 Å². The van der Waals surface area contributed by atoms with Gasteiger partial charge in [0, 0.05) is 16.3 Å². The SMILES string of the molecule is CCCc1ccc(NC(=O)C(C)NC(=O)c2ccc(Cl)cc2)cc1. The molecule has 126 valence electrons. The third kappa shape index (κ3) is 5.10. The average Bonchev–Trinajstić information content (AvgIpc) is 2.57. The fraction of sp³-hybridized carbons (Fsp3) is 0.263. The van der Waals surface area contributed by atoms with E-state index in [1.165, 1.54) is 5.56 Å². The molecule has 0 bridgehead atoms. The Morgan fingerprint density at radius 3 is 2.25 bits per heavy atom. The van der Waals surface area contributed by atoms with Crippen molar-refractivity contribution in [3.05, 3.63) is 64.7 Å². The maximum Gasteiger partial charge on any atom is 0.251 e. The van der Waals surface area contributed by atoms with Gasteiger partial charge in [0.05, 0.1) is 0 Å². The monoisotopic (exact) mass is 344 g/mol. The normalized spacial score (nSPS) is 11.6. The first-order chi connectivity index (χ1) is 11.5. The van der Waals surface area contributed by atoms with Crippen LogP contribution in [0.5, 0.6) is 0 Å². The van der Waals surface area contributed by atoms with Gasteiger partial charge in [-0.15, -0.1) is 0 Å². The van der Waals surface area contributed by atoms with E-state index < -0.39 is 6.04 Å². The summed E-state index contributed by atoms with van der Waals surface area (Å²) in [5.41, 5.74) is 2.41. The summed E-state index contributed by atoms with van der Waals surface area (Å²) >= 11 is 5.80. The lowest BCUT2D eigenvalue weighted by atomic mass is 10.1. The lowest BCUT2D eigenvalue weighted by Gasteiger charge is -2.14. The summed E-state index contributed by atoms with van der Waals surface area (Å²) < 4.78 is 0. The second-order valence-electron chi connectivity index (χ2n) is 5.64. The number of hydrogen-bond acceptors (Lipinski definition) is 2. The van der Waals surface area contributed by atoms with E-state index >= 15 is 0 Å². The van der Waals surface area contributed by atoms with E-state index in [-0.39, 0.29) is 11.8 Å². The van der Waals surface area contributed by atoms with Gasteiger partial charge in [0.1, 0.15) is 6.04 Å². The molecule has 1 atom stereocenters. The third-order valence-corrected chi connectivity index (χ3v) is 3.86. The predicted octanol–water partition coefficient (Wildman–Crippen LogP) is 4.05. The van der Waals surface area contributed by atoms with Crippen LogP contribution in [0, 0.1) is 0 Å². The van der Waals surface area contributed by atoms with Crippen LogP contribution < -0.4 is 10.6 Å². The number of rotatable bonds is 6. The number of carbonyl (C=O) groups is 2. The number of anilines is 1. The zero-order chi connectivity index (χ0) is 17.5. The van der Waals surface area contributed by atoms with Gasteiger partial charge in [0.15, 0.2) is 0 Å². The first kappa shape index (κ1) is 18.0. The van der Waals surface area contributed by atoms with E-state index in [0.717, 1.165) is 12.8 Å². The average molecular weight is 345 g/mol. The third-order valence-electron chi connectivity index (χ3n) is 3.61. The fourth-order valence-electron chi connectivity index (χ4n) is 2.24. The molecule has 1 unspecified atom stereocenters. The molecule has 2 aromatic carbocycles. The van der Waals surface area contributed by atoms with Crippen LogP contribution in [0.2, 0.25) is 5.02 Å². The summed E-state index contributed by atoms with van der Waals surface area (Å²) in [6.07, 6.45) is 2.10. The Kier molecular flexibility index (Phi) is 6.38. The Morgan fingerprint density at radius 1 is 1.04 bits per heavy atom. The van der Waals surface area contributed by atoms with E-state index in [9.17, 15) is 9.59 Å². The van der Waals surface area contributed by atoms with Gasteiger partial charge in [0.25, 0.3) is 5.91 Å². The van der Waals surface area contributed by atoms with Crippen LogP contribution in [0.1, 0.15) is 36.2 Å². The quantitative estimate of drug-likeness (QED) is 0.830. The largest absolute Gasteiger partial charge is 0.341 e. The van der Waals surface area contributed by atoms with Gasteiger partial charge in [-0.1, -0.05) is 37.1 Å². The Morgan fingerprint density at radius 2 is 1.67 bits per heavy atom. The number of carbonyl (C=O) groups excluding carboxylic acids is 2. The molecule has 0 saturated heterocycles. The zero-order valence-corrected chi connectivity index (χ0v) is 14.6. The highest BCUT2D eigenvalue weighted by atomic mass is 35.5. The van der Waals surface area contributed by atoms with Crippen molar-refractivity contribution in [2.24, 2.45) is 0 Å². The maximum atomic E-state index is 12.2. The lowest BCUT2D eigenvalue weighted by Crippen LogP contribution is -2.41. The number of halogens is 1. The van der Waals surface area contributed by atoms with Crippen molar-refractivity contribution in [2.45, 2.75) is 32.7 Å². The molecule has 5 heteroatoms. The summed E-state index contributed by atoms with van der Waals surface area (Å²) in [5, 5.41) is 6.03. The second kappa shape index (κ2) is 8.50. The number of aryl methyl sites for hydroxylation is 1. The molecule has 0 aliphatic heterocycles. The van der Waals surface area contributed by atoms with Crippen molar-refractivity contribution in [2.75, 3.05) is 5.32 Å². The molecule has 2 amide bonds. The molecular formula is C19H21ClN2O2. The molecular weight excluding hydrogens is 324 g/mol. The molecule has 2 N–H and O–H groups in total. The molecule has 2 rings (SSSR count). The molecule has 0 aliphatic carbocycles. The smallest absolute Gasteiger partial charge is 0.251 e. The van der Waals surface area contributed by atoms with E-state index in [1.807, 2.05) is 24.3 Å². The molecule has 0 aliphatic rings.